The topological polar surface area (TPSA) is 67.2 Å². The van der Waals surface area contributed by atoms with Crippen LogP contribution in [0.25, 0.3) is 0 Å². The van der Waals surface area contributed by atoms with Crippen molar-refractivity contribution in [1.29, 1.82) is 0 Å². The van der Waals surface area contributed by atoms with Gasteiger partial charge in [0.05, 0.1) is 5.75 Å². The fourth-order valence-electron chi connectivity index (χ4n) is 4.36. The second-order valence-corrected chi connectivity index (χ2v) is 9.48. The molecule has 1 aromatic heterocycles. The SMILES string of the molecule is CCN(CC)CCCn1c2c(c(SCC(=O)Nc3ccc(C)cc3C)nc1=O)CCCC2. The maximum absolute atomic E-state index is 12.9. The van der Waals surface area contributed by atoms with Crippen molar-refractivity contribution in [3.05, 3.63) is 51.1 Å². The third kappa shape index (κ3) is 6.23. The predicted octanol–water partition coefficient (Wildman–Crippen LogP) is 4.20. The minimum Gasteiger partial charge on any atom is -0.325 e. The number of anilines is 1. The van der Waals surface area contributed by atoms with Crippen LogP contribution >= 0.6 is 11.8 Å². The molecule has 6 nitrogen and oxygen atoms in total. The standard InChI is InChI=1S/C25H36N4O2S/c1-5-28(6-2)14-9-15-29-22-11-8-7-10-20(22)24(27-25(29)31)32-17-23(30)26-21-13-12-18(3)16-19(21)4/h12-13,16H,5-11,14-15,17H2,1-4H3,(H,26,30). The summed E-state index contributed by atoms with van der Waals surface area (Å²) >= 11 is 1.39. The highest BCUT2D eigenvalue weighted by atomic mass is 32.2. The molecule has 0 atom stereocenters. The summed E-state index contributed by atoms with van der Waals surface area (Å²) in [7, 11) is 0. The summed E-state index contributed by atoms with van der Waals surface area (Å²) in [6.45, 7) is 12.1. The highest BCUT2D eigenvalue weighted by Crippen LogP contribution is 2.28. The van der Waals surface area contributed by atoms with Crippen LogP contribution in [-0.4, -0.2) is 45.7 Å². The largest absolute Gasteiger partial charge is 0.348 e. The first-order chi connectivity index (χ1) is 15.4. The van der Waals surface area contributed by atoms with Crippen LogP contribution in [0.1, 0.15) is 55.5 Å². The summed E-state index contributed by atoms with van der Waals surface area (Å²) in [6.07, 6.45) is 5.00. The Bertz CT molecular complexity index is 998. The van der Waals surface area contributed by atoms with Crippen LogP contribution < -0.4 is 11.0 Å². The van der Waals surface area contributed by atoms with E-state index < -0.39 is 0 Å². The Labute approximate surface area is 195 Å². The molecule has 0 saturated carbocycles. The van der Waals surface area contributed by atoms with Gasteiger partial charge in [0.15, 0.2) is 0 Å². The third-order valence-corrected chi connectivity index (χ3v) is 7.21. The number of aryl methyl sites for hydroxylation is 2. The van der Waals surface area contributed by atoms with Gasteiger partial charge in [-0.05, 0) is 77.2 Å². The Balaban J connectivity index is 1.69. The summed E-state index contributed by atoms with van der Waals surface area (Å²) in [5.41, 5.74) is 5.17. The van der Waals surface area contributed by atoms with Gasteiger partial charge < -0.3 is 10.2 Å². The minimum absolute atomic E-state index is 0.0725. The highest BCUT2D eigenvalue weighted by Gasteiger charge is 2.21. The maximum Gasteiger partial charge on any atom is 0.348 e. The average molecular weight is 457 g/mol. The number of fused-ring (bicyclic) bond motifs is 1. The molecule has 1 aliphatic carbocycles. The molecule has 7 heteroatoms. The van der Waals surface area contributed by atoms with E-state index in [9.17, 15) is 9.59 Å². The monoisotopic (exact) mass is 456 g/mol. The Kier molecular flexibility index (Phi) is 8.93. The number of thioether (sulfide) groups is 1. The number of rotatable bonds is 10. The molecule has 2 aromatic rings. The van der Waals surface area contributed by atoms with Gasteiger partial charge in [0, 0.05) is 23.5 Å². The number of benzene rings is 1. The van der Waals surface area contributed by atoms with Gasteiger partial charge in [-0.1, -0.05) is 43.3 Å². The summed E-state index contributed by atoms with van der Waals surface area (Å²) in [5.74, 6) is 0.176. The van der Waals surface area contributed by atoms with Crippen molar-refractivity contribution in [1.82, 2.24) is 14.5 Å². The molecule has 0 aliphatic heterocycles. The van der Waals surface area contributed by atoms with Crippen molar-refractivity contribution >= 4 is 23.4 Å². The predicted molar refractivity (Wildman–Crippen MR) is 133 cm³/mol. The molecular formula is C25H36N4O2S. The molecule has 1 amide bonds. The number of carbonyl (C=O) groups excluding carboxylic acids is 1. The van der Waals surface area contributed by atoms with E-state index >= 15 is 0 Å². The molecule has 1 aliphatic rings. The lowest BCUT2D eigenvalue weighted by molar-refractivity contribution is -0.113. The van der Waals surface area contributed by atoms with Crippen molar-refractivity contribution in [2.24, 2.45) is 0 Å². The molecule has 32 heavy (non-hydrogen) atoms. The van der Waals surface area contributed by atoms with Gasteiger partial charge in [-0.15, -0.1) is 0 Å². The first-order valence-corrected chi connectivity index (χ1v) is 12.8. The van der Waals surface area contributed by atoms with E-state index in [0.717, 1.165) is 73.7 Å². The van der Waals surface area contributed by atoms with Gasteiger partial charge in [0.25, 0.3) is 0 Å². The Morgan fingerprint density at radius 3 is 2.66 bits per heavy atom. The Hall–Kier alpha value is -2.12. The number of carbonyl (C=O) groups is 1. The average Bonchev–Trinajstić information content (AvgIpc) is 2.78. The Morgan fingerprint density at radius 2 is 1.94 bits per heavy atom. The van der Waals surface area contributed by atoms with Crippen LogP contribution in [-0.2, 0) is 24.2 Å². The van der Waals surface area contributed by atoms with Crippen LogP contribution in [0.5, 0.6) is 0 Å². The molecule has 0 saturated heterocycles. The maximum atomic E-state index is 12.9. The van der Waals surface area contributed by atoms with Gasteiger partial charge in [-0.25, -0.2) is 4.79 Å². The molecule has 0 fully saturated rings. The third-order valence-electron chi connectivity index (χ3n) is 6.20. The van der Waals surface area contributed by atoms with E-state index in [1.165, 1.54) is 22.9 Å². The normalized spacial score (nSPS) is 13.3. The summed E-state index contributed by atoms with van der Waals surface area (Å²) in [4.78, 5) is 32.2. The van der Waals surface area contributed by atoms with E-state index in [1.54, 1.807) is 0 Å². The van der Waals surface area contributed by atoms with Crippen molar-refractivity contribution in [3.8, 4) is 0 Å². The fourth-order valence-corrected chi connectivity index (χ4v) is 5.24. The zero-order valence-electron chi connectivity index (χ0n) is 19.9. The molecule has 1 aromatic carbocycles. The number of hydrogen-bond donors (Lipinski definition) is 1. The van der Waals surface area contributed by atoms with E-state index in [2.05, 4.69) is 35.1 Å². The summed E-state index contributed by atoms with van der Waals surface area (Å²) in [6, 6.07) is 5.99. The summed E-state index contributed by atoms with van der Waals surface area (Å²) in [5, 5.41) is 3.72. The van der Waals surface area contributed by atoms with E-state index in [-0.39, 0.29) is 17.3 Å². The van der Waals surface area contributed by atoms with Crippen LogP contribution in [0.15, 0.2) is 28.0 Å². The molecule has 0 radical (unpaired) electrons. The van der Waals surface area contributed by atoms with Crippen molar-refractivity contribution in [2.45, 2.75) is 71.4 Å². The highest BCUT2D eigenvalue weighted by molar-refractivity contribution is 8.00. The number of nitrogens with zero attached hydrogens (tertiary/aromatic N) is 3. The van der Waals surface area contributed by atoms with Crippen LogP contribution in [0.3, 0.4) is 0 Å². The lowest BCUT2D eigenvalue weighted by Crippen LogP contribution is -2.32. The van der Waals surface area contributed by atoms with Crippen LogP contribution in [0.2, 0.25) is 0 Å². The quantitative estimate of drug-likeness (QED) is 0.429. The zero-order chi connectivity index (χ0) is 23.1. The molecule has 0 spiro atoms. The first-order valence-electron chi connectivity index (χ1n) is 11.8. The van der Waals surface area contributed by atoms with Gasteiger partial charge in [0.2, 0.25) is 5.91 Å². The first kappa shape index (κ1) is 24.5. The molecule has 1 N–H and O–H groups in total. The smallest absolute Gasteiger partial charge is 0.325 e. The van der Waals surface area contributed by atoms with Crippen molar-refractivity contribution < 1.29 is 4.79 Å². The molecular weight excluding hydrogens is 420 g/mol. The van der Waals surface area contributed by atoms with Crippen LogP contribution in [0, 0.1) is 13.8 Å². The number of aromatic nitrogens is 2. The Morgan fingerprint density at radius 1 is 1.19 bits per heavy atom. The number of amides is 1. The van der Waals surface area contributed by atoms with Gasteiger partial charge in [-0.3, -0.25) is 9.36 Å². The molecule has 0 unspecified atom stereocenters. The number of nitrogens with one attached hydrogen (secondary N) is 1. The second-order valence-electron chi connectivity index (χ2n) is 8.52. The molecule has 1 heterocycles. The number of hydrogen-bond acceptors (Lipinski definition) is 5. The zero-order valence-corrected chi connectivity index (χ0v) is 20.7. The molecule has 0 bridgehead atoms. The van der Waals surface area contributed by atoms with E-state index in [0.29, 0.717) is 6.54 Å². The lowest BCUT2D eigenvalue weighted by Gasteiger charge is -2.24. The lowest BCUT2D eigenvalue weighted by atomic mass is 9.97. The molecule has 174 valence electrons. The van der Waals surface area contributed by atoms with Crippen molar-refractivity contribution in [2.75, 3.05) is 30.7 Å². The van der Waals surface area contributed by atoms with Crippen molar-refractivity contribution in [3.63, 3.8) is 0 Å². The van der Waals surface area contributed by atoms with Gasteiger partial charge >= 0.3 is 5.69 Å². The van der Waals surface area contributed by atoms with E-state index in [4.69, 9.17) is 0 Å². The minimum atomic E-state index is -0.178. The summed E-state index contributed by atoms with van der Waals surface area (Å²) < 4.78 is 1.89. The van der Waals surface area contributed by atoms with E-state index in [1.807, 2.05) is 30.5 Å². The molecule has 3 rings (SSSR count). The van der Waals surface area contributed by atoms with Crippen LogP contribution in [0.4, 0.5) is 5.69 Å². The van der Waals surface area contributed by atoms with Gasteiger partial charge in [-0.2, -0.15) is 4.98 Å². The van der Waals surface area contributed by atoms with Gasteiger partial charge in [0.1, 0.15) is 5.03 Å². The fraction of sp³-hybridized carbons (Fsp3) is 0.560. The second kappa shape index (κ2) is 11.7.